The summed E-state index contributed by atoms with van der Waals surface area (Å²) in [6.45, 7) is 2.06. The van der Waals surface area contributed by atoms with E-state index in [0.717, 1.165) is 18.4 Å². The molecule has 0 aliphatic carbocycles. The highest BCUT2D eigenvalue weighted by Gasteiger charge is 2.12. The van der Waals surface area contributed by atoms with Crippen LogP contribution in [-0.2, 0) is 0 Å². The van der Waals surface area contributed by atoms with Crippen molar-refractivity contribution < 1.29 is 4.39 Å². The SMILES string of the molecule is CCCC(NN)c1ccc(F)cc1Cl. The van der Waals surface area contributed by atoms with Crippen LogP contribution in [0.15, 0.2) is 18.2 Å². The molecule has 4 heteroatoms. The van der Waals surface area contributed by atoms with E-state index in [2.05, 4.69) is 12.3 Å². The van der Waals surface area contributed by atoms with Gasteiger partial charge >= 0.3 is 0 Å². The van der Waals surface area contributed by atoms with Crippen molar-refractivity contribution >= 4 is 11.6 Å². The summed E-state index contributed by atoms with van der Waals surface area (Å²) in [4.78, 5) is 0. The summed E-state index contributed by atoms with van der Waals surface area (Å²) >= 11 is 5.90. The van der Waals surface area contributed by atoms with Gasteiger partial charge in [-0.1, -0.05) is 31.0 Å². The molecule has 1 aromatic rings. The Labute approximate surface area is 88.2 Å². The largest absolute Gasteiger partial charge is 0.271 e. The summed E-state index contributed by atoms with van der Waals surface area (Å²) < 4.78 is 12.8. The molecule has 0 radical (unpaired) electrons. The Hall–Kier alpha value is -0.640. The highest BCUT2D eigenvalue weighted by atomic mass is 35.5. The van der Waals surface area contributed by atoms with Gasteiger partial charge in [0.25, 0.3) is 0 Å². The van der Waals surface area contributed by atoms with E-state index >= 15 is 0 Å². The van der Waals surface area contributed by atoms with Crippen LogP contribution in [-0.4, -0.2) is 0 Å². The average Bonchev–Trinajstić information content (AvgIpc) is 2.15. The van der Waals surface area contributed by atoms with E-state index in [9.17, 15) is 4.39 Å². The van der Waals surface area contributed by atoms with Crippen molar-refractivity contribution in [3.05, 3.63) is 34.6 Å². The van der Waals surface area contributed by atoms with Crippen LogP contribution in [0.3, 0.4) is 0 Å². The van der Waals surface area contributed by atoms with Crippen LogP contribution in [0.2, 0.25) is 5.02 Å². The second kappa shape index (κ2) is 5.29. The third-order valence-corrected chi connectivity index (χ3v) is 2.44. The summed E-state index contributed by atoms with van der Waals surface area (Å²) in [5.41, 5.74) is 3.52. The monoisotopic (exact) mass is 216 g/mol. The lowest BCUT2D eigenvalue weighted by molar-refractivity contribution is 0.509. The van der Waals surface area contributed by atoms with Gasteiger partial charge in [0.1, 0.15) is 5.82 Å². The molecule has 0 amide bonds. The van der Waals surface area contributed by atoms with E-state index in [0.29, 0.717) is 5.02 Å². The maximum Gasteiger partial charge on any atom is 0.124 e. The van der Waals surface area contributed by atoms with Crippen molar-refractivity contribution in [3.8, 4) is 0 Å². The van der Waals surface area contributed by atoms with Crippen LogP contribution >= 0.6 is 11.6 Å². The Balaban J connectivity index is 2.92. The van der Waals surface area contributed by atoms with E-state index in [-0.39, 0.29) is 11.9 Å². The lowest BCUT2D eigenvalue weighted by Crippen LogP contribution is -2.28. The zero-order chi connectivity index (χ0) is 10.6. The standard InChI is InChI=1S/C10H14ClFN2/c1-2-3-10(14-13)8-5-4-7(12)6-9(8)11/h4-6,10,14H,2-3,13H2,1H3. The van der Waals surface area contributed by atoms with E-state index < -0.39 is 0 Å². The predicted octanol–water partition coefficient (Wildman–Crippen LogP) is 2.78. The van der Waals surface area contributed by atoms with Gasteiger partial charge in [0, 0.05) is 11.1 Å². The molecule has 0 aromatic heterocycles. The van der Waals surface area contributed by atoms with E-state index in [1.54, 1.807) is 6.07 Å². The summed E-state index contributed by atoms with van der Waals surface area (Å²) in [6, 6.07) is 4.35. The fourth-order valence-electron chi connectivity index (χ4n) is 1.40. The van der Waals surface area contributed by atoms with Gasteiger partial charge in [0.05, 0.1) is 0 Å². The minimum atomic E-state index is -0.328. The first kappa shape index (κ1) is 11.4. The van der Waals surface area contributed by atoms with Crippen molar-refractivity contribution in [1.82, 2.24) is 5.43 Å². The van der Waals surface area contributed by atoms with E-state index in [1.165, 1.54) is 12.1 Å². The molecule has 1 atom stereocenters. The van der Waals surface area contributed by atoms with Crippen LogP contribution in [0, 0.1) is 5.82 Å². The molecule has 0 saturated heterocycles. The minimum Gasteiger partial charge on any atom is -0.271 e. The Morgan fingerprint density at radius 3 is 2.79 bits per heavy atom. The first-order valence-electron chi connectivity index (χ1n) is 4.60. The summed E-state index contributed by atoms with van der Waals surface area (Å²) in [6.07, 6.45) is 1.87. The minimum absolute atomic E-state index is 0.00639. The maximum absolute atomic E-state index is 12.8. The smallest absolute Gasteiger partial charge is 0.124 e. The summed E-state index contributed by atoms with van der Waals surface area (Å²) in [5.74, 6) is 5.07. The Kier molecular flexibility index (Phi) is 4.32. The molecule has 0 bridgehead atoms. The second-order valence-corrected chi connectivity index (χ2v) is 3.58. The Morgan fingerprint density at radius 1 is 1.57 bits per heavy atom. The van der Waals surface area contributed by atoms with Crippen LogP contribution < -0.4 is 11.3 Å². The molecule has 1 rings (SSSR count). The Bertz CT molecular complexity index is 304. The first-order chi connectivity index (χ1) is 6.69. The number of rotatable bonds is 4. The second-order valence-electron chi connectivity index (χ2n) is 3.17. The number of hydrogen-bond donors (Lipinski definition) is 2. The summed E-state index contributed by atoms with van der Waals surface area (Å²) in [7, 11) is 0. The molecule has 1 aromatic carbocycles. The van der Waals surface area contributed by atoms with Crippen molar-refractivity contribution in [1.29, 1.82) is 0 Å². The van der Waals surface area contributed by atoms with Crippen molar-refractivity contribution in [3.63, 3.8) is 0 Å². The van der Waals surface area contributed by atoms with Crippen LogP contribution in [0.4, 0.5) is 4.39 Å². The van der Waals surface area contributed by atoms with Crippen molar-refractivity contribution in [2.45, 2.75) is 25.8 Å². The van der Waals surface area contributed by atoms with Gasteiger partial charge in [0.15, 0.2) is 0 Å². The predicted molar refractivity (Wildman–Crippen MR) is 56.4 cm³/mol. The highest BCUT2D eigenvalue weighted by molar-refractivity contribution is 6.31. The van der Waals surface area contributed by atoms with Gasteiger partial charge in [-0.25, -0.2) is 4.39 Å². The van der Waals surface area contributed by atoms with Gasteiger partial charge in [-0.2, -0.15) is 0 Å². The van der Waals surface area contributed by atoms with Crippen molar-refractivity contribution in [2.24, 2.45) is 5.84 Å². The molecule has 2 nitrogen and oxygen atoms in total. The average molecular weight is 217 g/mol. The van der Waals surface area contributed by atoms with E-state index in [4.69, 9.17) is 17.4 Å². The van der Waals surface area contributed by atoms with Gasteiger partial charge in [-0.3, -0.25) is 11.3 Å². The summed E-state index contributed by atoms with van der Waals surface area (Å²) in [5, 5.41) is 0.418. The molecule has 0 fully saturated rings. The normalized spacial score (nSPS) is 12.9. The number of nitrogens with two attached hydrogens (primary N) is 1. The lowest BCUT2D eigenvalue weighted by Gasteiger charge is -2.16. The molecule has 14 heavy (non-hydrogen) atoms. The molecule has 78 valence electrons. The molecule has 0 aliphatic rings. The van der Waals surface area contributed by atoms with Crippen LogP contribution in [0.5, 0.6) is 0 Å². The molecule has 0 spiro atoms. The number of benzene rings is 1. The fourth-order valence-corrected chi connectivity index (χ4v) is 1.70. The van der Waals surface area contributed by atoms with Gasteiger partial charge in [-0.15, -0.1) is 0 Å². The van der Waals surface area contributed by atoms with Gasteiger partial charge in [0.2, 0.25) is 0 Å². The molecular weight excluding hydrogens is 203 g/mol. The quantitative estimate of drug-likeness (QED) is 0.600. The van der Waals surface area contributed by atoms with Crippen LogP contribution in [0.25, 0.3) is 0 Å². The molecule has 0 heterocycles. The van der Waals surface area contributed by atoms with Gasteiger partial charge < -0.3 is 0 Å². The first-order valence-corrected chi connectivity index (χ1v) is 4.98. The van der Waals surface area contributed by atoms with Crippen LogP contribution in [0.1, 0.15) is 31.4 Å². The third kappa shape index (κ3) is 2.67. The number of hydrazine groups is 1. The molecule has 0 aliphatic heterocycles. The van der Waals surface area contributed by atoms with E-state index in [1.807, 2.05) is 0 Å². The zero-order valence-corrected chi connectivity index (χ0v) is 8.81. The topological polar surface area (TPSA) is 38.0 Å². The number of nitrogens with one attached hydrogen (secondary N) is 1. The third-order valence-electron chi connectivity index (χ3n) is 2.12. The molecular formula is C10H14ClFN2. The fraction of sp³-hybridized carbons (Fsp3) is 0.400. The zero-order valence-electron chi connectivity index (χ0n) is 8.06. The number of hydrogen-bond acceptors (Lipinski definition) is 2. The maximum atomic E-state index is 12.8. The Morgan fingerprint density at radius 2 is 2.29 bits per heavy atom. The molecule has 0 saturated carbocycles. The molecule has 1 unspecified atom stereocenters. The lowest BCUT2D eigenvalue weighted by atomic mass is 10.0. The van der Waals surface area contributed by atoms with Crippen molar-refractivity contribution in [2.75, 3.05) is 0 Å². The highest BCUT2D eigenvalue weighted by Crippen LogP contribution is 2.26. The number of halogens is 2. The van der Waals surface area contributed by atoms with Gasteiger partial charge in [-0.05, 0) is 24.1 Å². The molecule has 3 N–H and O–H groups in total.